The van der Waals surface area contributed by atoms with E-state index in [4.69, 9.17) is 9.88 Å². The van der Waals surface area contributed by atoms with Crippen LogP contribution < -0.4 is 20.5 Å². The molecule has 1 aliphatic rings. The summed E-state index contributed by atoms with van der Waals surface area (Å²) in [6.07, 6.45) is 2.57. The minimum Gasteiger partial charge on any atom is -0.437 e. The zero-order chi connectivity index (χ0) is 30.8. The summed E-state index contributed by atoms with van der Waals surface area (Å²) < 4.78 is 61.6. The van der Waals surface area contributed by atoms with Gasteiger partial charge in [0.05, 0.1) is 11.3 Å². The largest absolute Gasteiger partial charge is 0.437 e. The molecule has 0 amide bonds. The van der Waals surface area contributed by atoms with Gasteiger partial charge in [-0.3, -0.25) is 0 Å². The minimum atomic E-state index is -4.27. The number of hydrogen-bond acceptors (Lipinski definition) is 8. The van der Waals surface area contributed by atoms with Gasteiger partial charge in [-0.15, -0.1) is 12.4 Å². The van der Waals surface area contributed by atoms with Gasteiger partial charge in [0.1, 0.15) is 23.0 Å². The van der Waals surface area contributed by atoms with Crippen LogP contribution in [0.2, 0.25) is 0 Å². The van der Waals surface area contributed by atoms with Gasteiger partial charge in [-0.2, -0.15) is 0 Å². The number of alkyl halides is 1. The summed E-state index contributed by atoms with van der Waals surface area (Å²) in [4.78, 5) is 13.4. The highest BCUT2D eigenvalue weighted by Crippen LogP contribution is 2.42. The van der Waals surface area contributed by atoms with Crippen molar-refractivity contribution in [2.45, 2.75) is 30.8 Å². The highest BCUT2D eigenvalue weighted by molar-refractivity contribution is 7.89. The zero-order valence-electron chi connectivity index (χ0n) is 24.2. The van der Waals surface area contributed by atoms with Gasteiger partial charge in [0.15, 0.2) is 0 Å². The molecule has 13 heteroatoms. The molecule has 3 heterocycles. The minimum absolute atomic E-state index is 0. The molecule has 45 heavy (non-hydrogen) atoms. The van der Waals surface area contributed by atoms with Crippen molar-refractivity contribution in [2.75, 3.05) is 18.4 Å². The zero-order valence-corrected chi connectivity index (χ0v) is 25.8. The lowest BCUT2D eigenvalue weighted by Crippen LogP contribution is -2.44. The summed E-state index contributed by atoms with van der Waals surface area (Å²) in [5.41, 5.74) is 2.08. The van der Waals surface area contributed by atoms with E-state index in [0.29, 0.717) is 64.4 Å². The Labute approximate surface area is 265 Å². The van der Waals surface area contributed by atoms with Gasteiger partial charge in [-0.1, -0.05) is 42.5 Å². The monoisotopic (exact) mass is 652 g/mol. The Bertz CT molecular complexity index is 1930. The molecule has 0 aliphatic carbocycles. The van der Waals surface area contributed by atoms with Gasteiger partial charge in [-0.25, -0.2) is 37.3 Å². The van der Waals surface area contributed by atoms with Crippen LogP contribution >= 0.6 is 12.4 Å². The fraction of sp³-hybridized carbons (Fsp3) is 0.219. The van der Waals surface area contributed by atoms with Crippen molar-refractivity contribution in [1.82, 2.24) is 20.3 Å². The van der Waals surface area contributed by atoms with Crippen LogP contribution in [0.5, 0.6) is 11.6 Å². The average Bonchev–Trinajstić information content (AvgIpc) is 3.00. The molecule has 0 bridgehead atoms. The van der Waals surface area contributed by atoms with Crippen LogP contribution in [0.25, 0.3) is 22.0 Å². The molecule has 0 spiro atoms. The molecule has 4 N–H and O–H groups in total. The molecular weight excluding hydrogens is 622 g/mol. The number of primary sulfonamides is 1. The van der Waals surface area contributed by atoms with Crippen molar-refractivity contribution >= 4 is 39.2 Å². The number of sulfonamides is 1. The first-order chi connectivity index (χ1) is 21.2. The van der Waals surface area contributed by atoms with Gasteiger partial charge in [0.25, 0.3) is 0 Å². The first-order valence-electron chi connectivity index (χ1n) is 14.0. The number of aromatic nitrogens is 3. The van der Waals surface area contributed by atoms with Crippen molar-refractivity contribution in [3.63, 3.8) is 0 Å². The number of piperidine rings is 1. The molecule has 9 nitrogen and oxygen atoms in total. The van der Waals surface area contributed by atoms with Crippen molar-refractivity contribution in [3.05, 3.63) is 108 Å². The summed E-state index contributed by atoms with van der Waals surface area (Å²) in [7, 11) is -4.27. The number of nitrogens with two attached hydrogens (primary N) is 1. The lowest BCUT2D eigenvalue weighted by Gasteiger charge is -2.26. The summed E-state index contributed by atoms with van der Waals surface area (Å²) in [5, 5.41) is 11.3. The van der Waals surface area contributed by atoms with Crippen molar-refractivity contribution < 1.29 is 21.9 Å². The lowest BCUT2D eigenvalue weighted by molar-refractivity contribution is 0.254. The van der Waals surface area contributed by atoms with E-state index in [1.165, 1.54) is 6.07 Å². The smallest absolute Gasteiger partial charge is 0.228 e. The molecule has 2 aromatic heterocycles. The maximum absolute atomic E-state index is 15.5. The van der Waals surface area contributed by atoms with E-state index in [1.807, 2.05) is 6.92 Å². The molecule has 5 aromatic rings. The Morgan fingerprint density at radius 1 is 0.978 bits per heavy atom. The third-order valence-corrected chi connectivity index (χ3v) is 8.73. The van der Waals surface area contributed by atoms with E-state index >= 15 is 4.39 Å². The Morgan fingerprint density at radius 3 is 2.51 bits per heavy atom. The molecule has 1 fully saturated rings. The molecule has 1 aliphatic heterocycles. The molecule has 1 unspecified atom stereocenters. The molecule has 3 aromatic carbocycles. The number of nitrogens with one attached hydrogen (secondary N) is 2. The van der Waals surface area contributed by atoms with Gasteiger partial charge in [0.2, 0.25) is 21.9 Å². The van der Waals surface area contributed by atoms with Gasteiger partial charge in [0, 0.05) is 48.9 Å². The van der Waals surface area contributed by atoms with Crippen LogP contribution in [0.1, 0.15) is 28.4 Å². The summed E-state index contributed by atoms with van der Waals surface area (Å²) in [6, 6.07) is 19.6. The SMILES string of the molecule is Cc1ccc2c(C(c3ccccc3)S(N)(=O)=O)c(F)ccc2c1Oc1ncccc1-c1ccnc(N[C@@H]2CNC[C@@H](F)C2)n1.Cl. The summed E-state index contributed by atoms with van der Waals surface area (Å²) in [5.74, 6) is 0.240. The van der Waals surface area contributed by atoms with E-state index in [1.54, 1.807) is 79.1 Å². The molecular formula is C32H31ClF2N6O3S. The van der Waals surface area contributed by atoms with Gasteiger partial charge >= 0.3 is 0 Å². The average molecular weight is 653 g/mol. The highest BCUT2D eigenvalue weighted by atomic mass is 35.5. The van der Waals surface area contributed by atoms with E-state index in [9.17, 15) is 12.8 Å². The topological polar surface area (TPSA) is 132 Å². The maximum atomic E-state index is 15.5. The number of pyridine rings is 1. The Kier molecular flexibility index (Phi) is 9.59. The fourth-order valence-corrected chi connectivity index (χ4v) is 6.66. The number of anilines is 1. The molecule has 1 saturated heterocycles. The number of rotatable bonds is 8. The molecule has 0 radical (unpaired) electrons. The number of ether oxygens (including phenoxy) is 1. The number of nitrogens with zero attached hydrogens (tertiary/aromatic N) is 3. The number of halogens is 3. The summed E-state index contributed by atoms with van der Waals surface area (Å²) in [6.45, 7) is 2.75. The predicted molar refractivity (Wildman–Crippen MR) is 172 cm³/mol. The van der Waals surface area contributed by atoms with Gasteiger partial charge < -0.3 is 15.4 Å². The third kappa shape index (κ3) is 6.89. The second-order valence-corrected chi connectivity index (χ2v) is 12.4. The first-order valence-corrected chi connectivity index (χ1v) is 15.7. The Hall–Kier alpha value is -4.23. The summed E-state index contributed by atoms with van der Waals surface area (Å²) >= 11 is 0. The third-order valence-electron chi connectivity index (χ3n) is 7.56. The fourth-order valence-electron chi connectivity index (χ4n) is 5.56. The van der Waals surface area contributed by atoms with Crippen LogP contribution in [0.15, 0.2) is 85.2 Å². The van der Waals surface area contributed by atoms with Crippen molar-refractivity contribution in [3.8, 4) is 22.9 Å². The van der Waals surface area contributed by atoms with E-state index < -0.39 is 27.3 Å². The molecule has 0 saturated carbocycles. The molecule has 3 atom stereocenters. The molecule has 6 rings (SSSR count). The second kappa shape index (κ2) is 13.4. The van der Waals surface area contributed by atoms with Gasteiger partial charge in [-0.05, 0) is 53.8 Å². The van der Waals surface area contributed by atoms with Crippen molar-refractivity contribution in [2.24, 2.45) is 5.14 Å². The normalized spacial score (nSPS) is 17.3. The van der Waals surface area contributed by atoms with Crippen LogP contribution in [0, 0.1) is 12.7 Å². The van der Waals surface area contributed by atoms with E-state index in [2.05, 4.69) is 25.6 Å². The predicted octanol–water partition coefficient (Wildman–Crippen LogP) is 5.84. The maximum Gasteiger partial charge on any atom is 0.228 e. The highest BCUT2D eigenvalue weighted by Gasteiger charge is 2.31. The molecule has 234 valence electrons. The Morgan fingerprint density at radius 2 is 1.76 bits per heavy atom. The van der Waals surface area contributed by atoms with Crippen LogP contribution in [0.4, 0.5) is 14.7 Å². The number of benzene rings is 3. The number of hydrogen-bond donors (Lipinski definition) is 3. The van der Waals surface area contributed by atoms with E-state index in [0.717, 1.165) is 0 Å². The van der Waals surface area contributed by atoms with Crippen molar-refractivity contribution in [1.29, 1.82) is 0 Å². The number of aryl methyl sites for hydroxylation is 1. The van der Waals surface area contributed by atoms with Crippen LogP contribution in [-0.4, -0.2) is 48.7 Å². The van der Waals surface area contributed by atoms with Crippen LogP contribution in [0.3, 0.4) is 0 Å². The second-order valence-electron chi connectivity index (χ2n) is 10.7. The number of fused-ring (bicyclic) bond motifs is 1. The first kappa shape index (κ1) is 32.2. The van der Waals surface area contributed by atoms with E-state index in [-0.39, 0.29) is 29.9 Å². The lowest BCUT2D eigenvalue weighted by atomic mass is 9.95. The quantitative estimate of drug-likeness (QED) is 0.190. The van der Waals surface area contributed by atoms with Crippen LogP contribution in [-0.2, 0) is 10.0 Å². The standard InChI is InChI=1S/C32H30F2N6O3S.ClH/c1-19-9-10-23-24(11-12-26(34)28(23)30(44(35,41)42)20-6-3-2-4-7-20)29(19)43-31-25(8-5-14-37-31)27-13-15-38-32(40-27)39-22-16-21(33)17-36-18-22;/h2-15,21-22,30,36H,16-18H2,1H3,(H2,35,41,42)(H,38,39,40);1H/t21-,22-,30?;/m0./s1. The Balaban J connectivity index is 0.00000400.